The fourth-order valence-electron chi connectivity index (χ4n) is 1.29. The highest BCUT2D eigenvalue weighted by Crippen LogP contribution is 2.48. The van der Waals surface area contributed by atoms with Gasteiger partial charge < -0.3 is 19.9 Å². The van der Waals surface area contributed by atoms with Gasteiger partial charge in [-0.2, -0.15) is 13.2 Å². The lowest BCUT2D eigenvalue weighted by Gasteiger charge is -2.13. The molecule has 0 atom stereocenters. The molecule has 2 N–H and O–H groups in total. The van der Waals surface area contributed by atoms with Crippen molar-refractivity contribution in [1.82, 2.24) is 0 Å². The van der Waals surface area contributed by atoms with Gasteiger partial charge in [0.15, 0.2) is 18.1 Å². The third-order valence-electron chi connectivity index (χ3n) is 1.97. The van der Waals surface area contributed by atoms with Gasteiger partial charge in [0.2, 0.25) is 12.5 Å². The molecule has 2 rings (SSSR count). The topological polar surface area (TPSA) is 53.7 Å². The highest BCUT2D eigenvalue weighted by atomic mass is 79.9. The second-order valence-corrected chi connectivity index (χ2v) is 4.04. The molecule has 0 spiro atoms. The second kappa shape index (κ2) is 4.17. The minimum Gasteiger partial charge on any atom is -0.479 e. The summed E-state index contributed by atoms with van der Waals surface area (Å²) in [5, 5.41) is 0. The van der Waals surface area contributed by atoms with Gasteiger partial charge in [0.1, 0.15) is 0 Å². The molecule has 1 aromatic carbocycles. The highest BCUT2D eigenvalue weighted by Gasteiger charge is 2.31. The third-order valence-corrected chi connectivity index (χ3v) is 2.79. The fourth-order valence-corrected chi connectivity index (χ4v) is 1.70. The summed E-state index contributed by atoms with van der Waals surface area (Å²) in [6.07, 6.45) is -4.43. The maximum absolute atomic E-state index is 12.1. The van der Waals surface area contributed by atoms with Crippen LogP contribution in [0.25, 0.3) is 0 Å². The molecule has 17 heavy (non-hydrogen) atoms. The van der Waals surface area contributed by atoms with Crippen LogP contribution < -0.4 is 19.9 Å². The minimum atomic E-state index is -4.43. The van der Waals surface area contributed by atoms with Crippen molar-refractivity contribution in [3.63, 3.8) is 0 Å². The van der Waals surface area contributed by atoms with Crippen LogP contribution in [0.4, 0.5) is 18.9 Å². The average molecular weight is 314 g/mol. The molecule has 1 aliphatic rings. The lowest BCUT2D eigenvalue weighted by molar-refractivity contribution is -0.153. The predicted octanol–water partition coefficient (Wildman–Crippen LogP) is 2.70. The van der Waals surface area contributed by atoms with Crippen molar-refractivity contribution in [2.24, 2.45) is 0 Å². The number of nitrogen functional groups attached to an aromatic ring is 1. The first kappa shape index (κ1) is 12.2. The first-order valence-electron chi connectivity index (χ1n) is 4.45. The molecule has 0 fully saturated rings. The zero-order valence-electron chi connectivity index (χ0n) is 8.31. The molecule has 1 heterocycles. The Hall–Kier alpha value is -1.31. The molecule has 0 bridgehead atoms. The maximum Gasteiger partial charge on any atom is 0.422 e. The van der Waals surface area contributed by atoms with Gasteiger partial charge in [-0.05, 0) is 15.9 Å². The molecule has 0 saturated carbocycles. The van der Waals surface area contributed by atoms with E-state index in [9.17, 15) is 13.2 Å². The summed E-state index contributed by atoms with van der Waals surface area (Å²) in [6, 6.07) is 1.45. The van der Waals surface area contributed by atoms with Crippen LogP contribution in [0.1, 0.15) is 0 Å². The molecule has 0 aliphatic carbocycles. The van der Waals surface area contributed by atoms with Crippen molar-refractivity contribution in [2.75, 3.05) is 19.1 Å². The molecule has 1 aromatic rings. The third kappa shape index (κ3) is 2.51. The Kier molecular flexibility index (Phi) is 2.98. The van der Waals surface area contributed by atoms with Gasteiger partial charge >= 0.3 is 6.18 Å². The van der Waals surface area contributed by atoms with Crippen LogP contribution >= 0.6 is 15.9 Å². The van der Waals surface area contributed by atoms with Crippen molar-refractivity contribution < 1.29 is 27.4 Å². The van der Waals surface area contributed by atoms with Gasteiger partial charge in [0.05, 0.1) is 10.2 Å². The van der Waals surface area contributed by atoms with E-state index < -0.39 is 12.8 Å². The molecule has 0 amide bonds. The quantitative estimate of drug-likeness (QED) is 0.853. The second-order valence-electron chi connectivity index (χ2n) is 3.25. The number of ether oxygens (including phenoxy) is 3. The Morgan fingerprint density at radius 1 is 1.41 bits per heavy atom. The Bertz CT molecular complexity index is 450. The van der Waals surface area contributed by atoms with Gasteiger partial charge in [-0.1, -0.05) is 0 Å². The lowest BCUT2D eigenvalue weighted by atomic mass is 10.2. The normalized spacial score (nSPS) is 13.9. The molecule has 94 valence electrons. The summed E-state index contributed by atoms with van der Waals surface area (Å²) >= 11 is 3.05. The van der Waals surface area contributed by atoms with Crippen LogP contribution in [0.3, 0.4) is 0 Å². The Balaban J connectivity index is 2.32. The predicted molar refractivity (Wildman–Crippen MR) is 56.2 cm³/mol. The van der Waals surface area contributed by atoms with E-state index in [4.69, 9.17) is 15.2 Å². The van der Waals surface area contributed by atoms with E-state index in [1.54, 1.807) is 0 Å². The number of hydrogen-bond acceptors (Lipinski definition) is 4. The highest BCUT2D eigenvalue weighted by molar-refractivity contribution is 9.10. The van der Waals surface area contributed by atoms with Crippen molar-refractivity contribution >= 4 is 21.6 Å². The van der Waals surface area contributed by atoms with E-state index in [0.717, 1.165) is 0 Å². The van der Waals surface area contributed by atoms with Gasteiger partial charge in [-0.15, -0.1) is 0 Å². The molecular formula is C9H7BrF3NO3. The first-order valence-corrected chi connectivity index (χ1v) is 5.25. The van der Waals surface area contributed by atoms with E-state index in [0.29, 0.717) is 0 Å². The maximum atomic E-state index is 12.1. The summed E-state index contributed by atoms with van der Waals surface area (Å²) < 4.78 is 51.2. The van der Waals surface area contributed by atoms with E-state index in [2.05, 4.69) is 20.7 Å². The zero-order chi connectivity index (χ0) is 12.6. The van der Waals surface area contributed by atoms with Gasteiger partial charge in [0.25, 0.3) is 0 Å². The van der Waals surface area contributed by atoms with Crippen LogP contribution in [0.2, 0.25) is 0 Å². The Morgan fingerprint density at radius 3 is 2.76 bits per heavy atom. The monoisotopic (exact) mass is 313 g/mol. The number of alkyl halides is 3. The molecule has 8 heteroatoms. The van der Waals surface area contributed by atoms with Gasteiger partial charge in [-0.25, -0.2) is 0 Å². The summed E-state index contributed by atoms with van der Waals surface area (Å²) in [5.41, 5.74) is 5.80. The van der Waals surface area contributed by atoms with E-state index in [1.807, 2.05) is 0 Å². The SMILES string of the molecule is Nc1cc2c(c(OCC(F)(F)F)c1Br)OCO2. The fraction of sp³-hybridized carbons (Fsp3) is 0.333. The lowest BCUT2D eigenvalue weighted by Crippen LogP contribution is -2.19. The number of anilines is 1. The number of hydrogen-bond donors (Lipinski definition) is 1. The molecule has 4 nitrogen and oxygen atoms in total. The summed E-state index contributed by atoms with van der Waals surface area (Å²) in [5.74, 6) is 0.285. The van der Waals surface area contributed by atoms with Crippen molar-refractivity contribution in [3.8, 4) is 17.2 Å². The Labute approximate surface area is 103 Å². The number of fused-ring (bicyclic) bond motifs is 1. The molecule has 0 saturated heterocycles. The van der Waals surface area contributed by atoms with Crippen LogP contribution in [-0.4, -0.2) is 19.6 Å². The molecule has 0 radical (unpaired) electrons. The van der Waals surface area contributed by atoms with Crippen molar-refractivity contribution in [1.29, 1.82) is 0 Å². The first-order chi connectivity index (χ1) is 7.88. The standard InChI is InChI=1S/C9H7BrF3NO3/c10-6-4(14)1-5-7(17-3-16-5)8(6)15-2-9(11,12)13/h1H,2-3,14H2. The molecule has 0 aromatic heterocycles. The van der Waals surface area contributed by atoms with E-state index in [1.165, 1.54) is 6.07 Å². The number of nitrogens with two attached hydrogens (primary N) is 1. The largest absolute Gasteiger partial charge is 0.479 e. The van der Waals surface area contributed by atoms with Gasteiger partial charge in [-0.3, -0.25) is 0 Å². The molecule has 0 unspecified atom stereocenters. The molecular weight excluding hydrogens is 307 g/mol. The van der Waals surface area contributed by atoms with Crippen LogP contribution in [0.5, 0.6) is 17.2 Å². The summed E-state index contributed by atoms with van der Waals surface area (Å²) in [6.45, 7) is -1.50. The zero-order valence-corrected chi connectivity index (χ0v) is 9.89. The van der Waals surface area contributed by atoms with Crippen molar-refractivity contribution in [3.05, 3.63) is 10.5 Å². The molecule has 1 aliphatic heterocycles. The minimum absolute atomic E-state index is 0.0758. The van der Waals surface area contributed by atoms with Crippen LogP contribution in [-0.2, 0) is 0 Å². The van der Waals surface area contributed by atoms with E-state index in [-0.39, 0.29) is 34.2 Å². The number of benzene rings is 1. The summed E-state index contributed by atoms with van der Waals surface area (Å²) in [7, 11) is 0. The van der Waals surface area contributed by atoms with Crippen LogP contribution in [0.15, 0.2) is 10.5 Å². The van der Waals surface area contributed by atoms with Crippen LogP contribution in [0, 0.1) is 0 Å². The van der Waals surface area contributed by atoms with Gasteiger partial charge in [0, 0.05) is 6.07 Å². The van der Waals surface area contributed by atoms with E-state index >= 15 is 0 Å². The Morgan fingerprint density at radius 2 is 2.12 bits per heavy atom. The van der Waals surface area contributed by atoms with Crippen molar-refractivity contribution in [2.45, 2.75) is 6.18 Å². The average Bonchev–Trinajstić information content (AvgIpc) is 2.64. The summed E-state index contributed by atoms with van der Waals surface area (Å²) in [4.78, 5) is 0. The number of rotatable bonds is 2. The number of halogens is 4. The smallest absolute Gasteiger partial charge is 0.422 e.